The Morgan fingerprint density at radius 3 is 1.02 bits per heavy atom. The highest BCUT2D eigenvalue weighted by molar-refractivity contribution is 6.00. The lowest BCUT2D eigenvalue weighted by molar-refractivity contribution is -0.178. The molecule has 0 aliphatic heterocycles. The Morgan fingerprint density at radius 1 is 0.394 bits per heavy atom. The van der Waals surface area contributed by atoms with Gasteiger partial charge < -0.3 is 33.4 Å². The molecule has 15 nitrogen and oxygen atoms in total. The third-order valence-corrected chi connectivity index (χ3v) is 50.7. The Labute approximate surface area is 861 Å². The van der Waals surface area contributed by atoms with Crippen molar-refractivity contribution < 1.29 is 55.3 Å². The number of aromatic nitrogens is 1. The zero-order valence-corrected chi connectivity index (χ0v) is 94.3. The lowest BCUT2D eigenvalue weighted by Crippen LogP contribution is -2.63. The van der Waals surface area contributed by atoms with E-state index in [2.05, 4.69) is 216 Å². The van der Waals surface area contributed by atoms with Gasteiger partial charge in [-0.1, -0.05) is 251 Å². The van der Waals surface area contributed by atoms with E-state index < -0.39 is 0 Å². The Balaban J connectivity index is 0.000000136. The van der Waals surface area contributed by atoms with Crippen LogP contribution in [0.4, 0.5) is 0 Å². The van der Waals surface area contributed by atoms with Gasteiger partial charge in [-0.05, 0) is 388 Å². The van der Waals surface area contributed by atoms with Crippen molar-refractivity contribution in [1.82, 2.24) is 5.16 Å². The molecule has 1 aromatic rings. The van der Waals surface area contributed by atoms with Gasteiger partial charge in [0, 0.05) is 26.1 Å². The number of aliphatic hydroxyl groups is 1. The molecule has 0 spiro atoms. The van der Waals surface area contributed by atoms with Crippen molar-refractivity contribution in [1.29, 1.82) is 0 Å². The third kappa shape index (κ3) is 14.8. The largest absolute Gasteiger partial charge is 0.523 e. The van der Waals surface area contributed by atoms with E-state index in [4.69, 9.17) is 45.9 Å². The highest BCUT2D eigenvalue weighted by atomic mass is 16.5. The number of carbonyl (C=O) groups excluding carboxylic acids is 5. The van der Waals surface area contributed by atoms with Crippen molar-refractivity contribution in [3.05, 3.63) is 133 Å². The van der Waals surface area contributed by atoms with Gasteiger partial charge in [-0.25, -0.2) is 14.5 Å². The first-order valence-electron chi connectivity index (χ1n) is 57.9. The van der Waals surface area contributed by atoms with Crippen LogP contribution in [0.15, 0.2) is 91.8 Å². The van der Waals surface area contributed by atoms with Gasteiger partial charge >= 0.3 is 23.9 Å². The average molecular weight is 1950 g/mol. The van der Waals surface area contributed by atoms with E-state index in [9.17, 15) is 29.1 Å². The summed E-state index contributed by atoms with van der Waals surface area (Å²) in [5, 5.41) is 15.0. The predicted molar refractivity (Wildman–Crippen MR) is 566 cm³/mol. The molecule has 142 heavy (non-hydrogen) atoms. The van der Waals surface area contributed by atoms with E-state index in [1.165, 1.54) is 62.8 Å². The zero-order chi connectivity index (χ0) is 106. The minimum atomic E-state index is -0.386. The summed E-state index contributed by atoms with van der Waals surface area (Å²) < 4.78 is 39.2. The second kappa shape index (κ2) is 35.4. The molecule has 0 bridgehead atoms. The number of Topliss-reactive ketones (excluding diaryl/α,β-unsaturated/α-hetero) is 1. The molecule has 0 aromatic carbocycles. The fourth-order valence-electron chi connectivity index (χ4n) is 41.4. The predicted octanol–water partition coefficient (Wildman–Crippen LogP) is 32.2. The average Bonchev–Trinajstić information content (AvgIpc) is 0.720. The van der Waals surface area contributed by atoms with Crippen LogP contribution in [-0.2, 0) is 49.3 Å². The molecule has 12 fully saturated rings. The summed E-state index contributed by atoms with van der Waals surface area (Å²) >= 11 is 0. The monoisotopic (exact) mass is 1950 g/mol. The molecular formula is C127H188N4O11. The lowest BCUT2D eigenvalue weighted by atomic mass is 9.34. The van der Waals surface area contributed by atoms with E-state index in [1.54, 1.807) is 39.6 Å². The van der Waals surface area contributed by atoms with Crippen LogP contribution in [-0.4, -0.2) is 68.4 Å². The normalized spacial score (nSPS) is 47.6. The van der Waals surface area contributed by atoms with Crippen molar-refractivity contribution in [3.63, 3.8) is 0 Å². The van der Waals surface area contributed by atoms with E-state index in [1.807, 2.05) is 13.1 Å². The molecule has 1 aromatic heterocycles. The van der Waals surface area contributed by atoms with Crippen molar-refractivity contribution in [2.45, 2.75) is 419 Å². The van der Waals surface area contributed by atoms with Gasteiger partial charge in [-0.3, -0.25) is 19.2 Å². The number of fused-ring (bicyclic) bond motifs is 29. The maximum atomic E-state index is 13.4. The van der Waals surface area contributed by atoms with Gasteiger partial charge in [0.15, 0.2) is 11.5 Å². The smallest absolute Gasteiger partial charge is 0.312 e. The SMILES string of the molecule is COC(=O)[C@]12CCC(C)(C)C[C@H]1C1=CC[C@@H]3[C@@]4(C)Cc5cnoc5[C@@H](C)[C@@H]4CC[C@@]3(C)[C@]1(C)CC2.[3H]C.[3H]C.[C-]#[N+]C1=C(C)[C@@H](C)[C@@H]2CC[C@]3(C)[C@H](CC=C4[C@@H]5CC(C)(C)CC[C@]5(C(=O)OC)CC[C@]43C)[C@@]2(C)C1.[C-]#[N+]C1=C(O)[C@@H](C)[C@@H]2CC[C@]3(C)[C@H](CC=C4[C@@H]5CC(C)(C)CC[C@]5(C(=O)OC)CC[C@]43C)[C@@]2(C)C1.[C-]#[N+]C1=C[C@]2(C)[C@H]3CC=C4[C@@H]5CC(C)(C)CC[C@]5(C(=O)OC)CC[C@@]4(C)[C@]3(C)CC[C@H]2[C@H](C)C1=O. The van der Waals surface area contributed by atoms with Crippen LogP contribution in [0.1, 0.15) is 426 Å². The number of methoxy groups -OCH3 is 4. The van der Waals surface area contributed by atoms with Crippen molar-refractivity contribution in [2.24, 2.45) is 197 Å². The van der Waals surface area contributed by atoms with E-state index in [0.717, 1.165) is 204 Å². The minimum absolute atomic E-state index is 0.00624. The highest BCUT2D eigenvalue weighted by Gasteiger charge is 2.76. The van der Waals surface area contributed by atoms with Gasteiger partial charge in [-0.15, -0.1) is 0 Å². The Bertz CT molecular complexity index is 5450. The molecule has 20 aliphatic rings. The number of allylic oxidation sites excluding steroid dienone is 14. The molecule has 0 amide bonds. The first-order chi connectivity index (χ1) is 67.3. The molecule has 32 atom stereocenters. The van der Waals surface area contributed by atoms with Crippen LogP contribution in [0.3, 0.4) is 0 Å². The van der Waals surface area contributed by atoms with Gasteiger partial charge in [0.05, 0.1) is 81.8 Å². The van der Waals surface area contributed by atoms with Crippen LogP contribution in [0.2, 0.25) is 0 Å². The molecule has 782 valence electrons. The Kier molecular flexibility index (Phi) is 26.2. The molecule has 0 unspecified atom stereocenters. The summed E-state index contributed by atoms with van der Waals surface area (Å²) in [5.74, 6) is 7.69. The fourth-order valence-corrected chi connectivity index (χ4v) is 41.4. The number of rotatable bonds is 4. The first kappa shape index (κ1) is 105. The Morgan fingerprint density at radius 2 is 0.690 bits per heavy atom. The van der Waals surface area contributed by atoms with E-state index in [0.29, 0.717) is 94.6 Å². The van der Waals surface area contributed by atoms with Crippen molar-refractivity contribution in [2.75, 3.05) is 28.4 Å². The van der Waals surface area contributed by atoms with Crippen LogP contribution in [0.5, 0.6) is 0 Å². The summed E-state index contributed by atoms with van der Waals surface area (Å²) in [7, 11) is 8.81. The quantitative estimate of drug-likeness (QED) is 0.131. The number of ketones is 1. The van der Waals surface area contributed by atoms with Gasteiger partial charge in [0.1, 0.15) is 5.76 Å². The molecule has 20 aliphatic carbocycles. The fraction of sp³-hybridized carbons (Fsp3) is 0.803. The van der Waals surface area contributed by atoms with Crippen molar-refractivity contribution >= 4 is 29.7 Å². The highest BCUT2D eigenvalue weighted by Crippen LogP contribution is 2.82. The second-order valence-electron chi connectivity index (χ2n) is 57.6. The third-order valence-electron chi connectivity index (χ3n) is 50.7. The molecular weight excluding hydrogens is 1760 g/mol. The molecule has 12 saturated carbocycles. The van der Waals surface area contributed by atoms with Crippen LogP contribution >= 0.6 is 0 Å². The minimum Gasteiger partial charge on any atom is -0.523 e. The second-order valence-corrected chi connectivity index (χ2v) is 57.6. The molecule has 1 N–H and O–H groups in total. The lowest BCUT2D eigenvalue weighted by Gasteiger charge is -2.70. The number of hydrogen-bond donors (Lipinski definition) is 1. The van der Waals surface area contributed by atoms with Gasteiger partial charge in [0.25, 0.3) is 0 Å². The Hall–Kier alpha value is -6.79. The molecule has 1 heterocycles. The van der Waals surface area contributed by atoms with Gasteiger partial charge in [-0.2, -0.15) is 0 Å². The van der Waals surface area contributed by atoms with Crippen LogP contribution in [0.25, 0.3) is 14.5 Å². The molecule has 21 rings (SSSR count). The molecule has 0 saturated heterocycles. The first-order valence-corrected chi connectivity index (χ1v) is 55.9. The van der Waals surface area contributed by atoms with Gasteiger partial charge in [0.2, 0.25) is 11.4 Å². The summed E-state index contributed by atoms with van der Waals surface area (Å²) in [6, 6.07) is 0. The summed E-state index contributed by atoms with van der Waals surface area (Å²) in [6.45, 7) is 83.8. The number of carbonyl (C=O) groups is 5. The summed E-state index contributed by atoms with van der Waals surface area (Å²) in [6.07, 6.45) is 51.1. The maximum absolute atomic E-state index is 13.4. The standard InChI is InChI=1S/C32H47NO2.2C31H45NO3.C31H43NO3.2CH4/c1-20-21(2)25(33-8)19-29(5)22(20)12-13-31(7)26(29)11-10-23-24-18-28(3,4)14-16-32(24,27(34)35-9)17-15-30(23,31)6;1-19-21-10-11-30(6)24(28(21,4)16-20-18-32-35-25(19)20)9-8-22-23-17-27(2,3)12-14-31(23,26(33)34-7)15-13-29(22,30)5;2*1-19-20-11-12-30(6)24(28(20,4)18-23(32-7)25(19)33)10-9-21-22-17-27(2,3)13-15-31(22,26(34)35-8)16-14-29(21,30)5;;/h10,20,22,24,26H,11-19H2,1-7,9H3;8,18-19,21,23-24H,9-17H2,1-7H3;9,19-20,22,24,33H,10-18H2,1-6,8H3;9,18-20,22,24H,10-17H2,1-6,8H3;2*1H4/t20-,22+,24+,26-,29+,30-,31-,32+;19-,21-,23-,24+,28-,29+,30+,31-;2*19-,20-,22-,24+,28-,29+,30+,31-;;/m1000../s1/i;;;;2*1T. The summed E-state index contributed by atoms with van der Waals surface area (Å²) in [4.78, 5) is 77.8. The number of nitrogens with zero attached hydrogens (tertiary/aromatic N) is 4. The van der Waals surface area contributed by atoms with E-state index >= 15 is 0 Å². The number of aliphatic hydroxyl groups excluding tert-OH is 1. The van der Waals surface area contributed by atoms with Crippen LogP contribution < -0.4 is 0 Å². The zero-order valence-electron chi connectivity index (χ0n) is 96.3. The molecule has 0 radical (unpaired) electrons. The topological polar surface area (TPSA) is 182 Å². The van der Waals surface area contributed by atoms with Crippen LogP contribution in [0, 0.1) is 217 Å². The van der Waals surface area contributed by atoms with Crippen molar-refractivity contribution in [3.8, 4) is 0 Å². The number of esters is 4. The number of hydrogen-bond acceptors (Lipinski definition) is 12. The van der Waals surface area contributed by atoms with E-state index in [-0.39, 0.29) is 162 Å². The molecule has 15 heteroatoms. The number of ether oxygens (including phenoxy) is 4. The summed E-state index contributed by atoms with van der Waals surface area (Å²) in [5.41, 5.74) is 11.6. The maximum Gasteiger partial charge on any atom is 0.312 e.